The summed E-state index contributed by atoms with van der Waals surface area (Å²) in [5.41, 5.74) is 0. The number of aliphatic hydroxyl groups excluding tert-OH is 1. The largest absolute Gasteiger partial charge is 0.462 e. The Morgan fingerprint density at radius 1 is 0.348 bits per heavy atom. The molecule has 372 valence electrons. The average Bonchev–Trinajstić information content (AvgIpc) is 3.32. The molecule has 0 aliphatic carbocycles. The molecule has 0 heterocycles. The van der Waals surface area contributed by atoms with Crippen LogP contribution in [0.5, 0.6) is 0 Å². The fourth-order valence-corrected chi connectivity index (χ4v) is 7.01. The van der Waals surface area contributed by atoms with E-state index in [1.807, 2.05) is 0 Å². The number of carbonyl (C=O) groups is 2. The maximum Gasteiger partial charge on any atom is 0.306 e. The summed E-state index contributed by atoms with van der Waals surface area (Å²) in [6, 6.07) is 0. The number of rotatable bonds is 47. The monoisotopic (exact) mass is 911 g/mol. The van der Waals surface area contributed by atoms with E-state index in [0.29, 0.717) is 12.8 Å². The molecule has 0 radical (unpaired) electrons. The Bertz CT molecular complexity index is 1400. The predicted octanol–water partition coefficient (Wildman–Crippen LogP) is 18.1. The highest BCUT2D eigenvalue weighted by molar-refractivity contribution is 5.70. The van der Waals surface area contributed by atoms with Crippen LogP contribution in [-0.2, 0) is 19.1 Å². The van der Waals surface area contributed by atoms with Crippen LogP contribution in [0.15, 0.2) is 134 Å². The summed E-state index contributed by atoms with van der Waals surface area (Å²) in [5, 5.41) is 9.63. The van der Waals surface area contributed by atoms with Gasteiger partial charge in [-0.1, -0.05) is 237 Å². The van der Waals surface area contributed by atoms with Crippen LogP contribution in [0.25, 0.3) is 0 Å². The molecule has 0 aromatic heterocycles. The standard InChI is InChI=1S/C61H98O5/c1-3-5-7-9-11-13-15-17-19-21-23-25-27-28-29-30-31-32-34-35-37-39-41-43-45-47-49-51-53-55-60(63)65-58-59(57-62)66-61(64)56-54-52-50-48-46-44-42-40-38-36-33-26-24-22-20-18-16-14-12-10-8-6-4-2/h5-8,11-14,17-20,23-26,36,38,42,44,48,50,59,62H,3-4,9-10,15-16,21-22,27-35,37,39-41,43,45-47,49,51-58H2,1-2H3/b7-5-,8-6-,13-11-,14-12-,19-17-,20-18-,25-23-,26-24-,38-36-,44-42-,50-48-. The lowest BCUT2D eigenvalue weighted by Gasteiger charge is -2.15. The summed E-state index contributed by atoms with van der Waals surface area (Å²) >= 11 is 0. The van der Waals surface area contributed by atoms with Gasteiger partial charge in [0, 0.05) is 12.8 Å². The van der Waals surface area contributed by atoms with E-state index >= 15 is 0 Å². The molecule has 66 heavy (non-hydrogen) atoms. The molecule has 0 fully saturated rings. The molecule has 0 amide bonds. The van der Waals surface area contributed by atoms with Crippen LogP contribution in [0.2, 0.25) is 0 Å². The second-order valence-corrected chi connectivity index (χ2v) is 17.2. The van der Waals surface area contributed by atoms with Crippen molar-refractivity contribution in [2.75, 3.05) is 13.2 Å². The second-order valence-electron chi connectivity index (χ2n) is 17.2. The van der Waals surface area contributed by atoms with Gasteiger partial charge in [0.25, 0.3) is 0 Å². The molecule has 0 spiro atoms. The number of allylic oxidation sites excluding steroid dienone is 22. The van der Waals surface area contributed by atoms with Crippen molar-refractivity contribution >= 4 is 11.9 Å². The van der Waals surface area contributed by atoms with Crippen LogP contribution in [0, 0.1) is 0 Å². The van der Waals surface area contributed by atoms with E-state index in [9.17, 15) is 14.7 Å². The lowest BCUT2D eigenvalue weighted by molar-refractivity contribution is -0.161. The molecule has 0 aliphatic rings. The average molecular weight is 911 g/mol. The summed E-state index contributed by atoms with van der Waals surface area (Å²) in [4.78, 5) is 24.5. The van der Waals surface area contributed by atoms with Crippen LogP contribution >= 0.6 is 0 Å². The van der Waals surface area contributed by atoms with Gasteiger partial charge >= 0.3 is 11.9 Å². The Balaban J connectivity index is 3.60. The van der Waals surface area contributed by atoms with Crippen LogP contribution < -0.4 is 0 Å². The summed E-state index contributed by atoms with van der Waals surface area (Å²) in [7, 11) is 0. The maximum atomic E-state index is 12.3. The molecular formula is C61H98O5. The minimum absolute atomic E-state index is 0.0965. The minimum atomic E-state index is -0.812. The molecule has 0 aromatic rings. The highest BCUT2D eigenvalue weighted by atomic mass is 16.6. The normalized spacial score (nSPS) is 13.3. The summed E-state index contributed by atoms with van der Waals surface area (Å²) < 4.78 is 10.6. The van der Waals surface area contributed by atoms with E-state index in [2.05, 4.69) is 148 Å². The molecular weight excluding hydrogens is 813 g/mol. The van der Waals surface area contributed by atoms with Gasteiger partial charge in [-0.05, 0) is 103 Å². The Kier molecular flexibility index (Phi) is 52.0. The van der Waals surface area contributed by atoms with Crippen molar-refractivity contribution in [3.8, 4) is 0 Å². The fourth-order valence-electron chi connectivity index (χ4n) is 7.01. The van der Waals surface area contributed by atoms with Crippen molar-refractivity contribution in [3.63, 3.8) is 0 Å². The zero-order valence-corrected chi connectivity index (χ0v) is 42.4. The number of carbonyl (C=O) groups excluding carboxylic acids is 2. The van der Waals surface area contributed by atoms with E-state index in [-0.39, 0.29) is 31.6 Å². The zero-order valence-electron chi connectivity index (χ0n) is 42.4. The van der Waals surface area contributed by atoms with E-state index in [4.69, 9.17) is 9.47 Å². The van der Waals surface area contributed by atoms with Crippen molar-refractivity contribution < 1.29 is 24.2 Å². The van der Waals surface area contributed by atoms with Gasteiger partial charge in [0.2, 0.25) is 0 Å². The highest BCUT2D eigenvalue weighted by Gasteiger charge is 2.16. The predicted molar refractivity (Wildman–Crippen MR) is 288 cm³/mol. The van der Waals surface area contributed by atoms with E-state index in [1.54, 1.807) is 0 Å². The molecule has 1 unspecified atom stereocenters. The fraction of sp³-hybridized carbons (Fsp3) is 0.607. The Labute approximate surface area is 406 Å². The van der Waals surface area contributed by atoms with Gasteiger partial charge in [0.1, 0.15) is 6.61 Å². The molecule has 1 N–H and O–H groups in total. The third-order valence-electron chi connectivity index (χ3n) is 10.9. The SMILES string of the molecule is CC/C=C\C/C=C\C/C=C\C/C=C\C/C=C\C/C=C\C/C=C\CCCC(=O)OC(CO)COC(=O)CCCCCCCCCCCCCCCCCC/C=C\C/C=C\C/C=C\C/C=C\CC. The van der Waals surface area contributed by atoms with Gasteiger partial charge in [0.05, 0.1) is 6.61 Å². The molecule has 0 saturated carbocycles. The maximum absolute atomic E-state index is 12.3. The van der Waals surface area contributed by atoms with E-state index in [1.165, 1.54) is 89.9 Å². The number of aliphatic hydroxyl groups is 1. The smallest absolute Gasteiger partial charge is 0.306 e. The van der Waals surface area contributed by atoms with Gasteiger partial charge < -0.3 is 14.6 Å². The molecule has 0 aliphatic heterocycles. The molecule has 0 rings (SSSR count). The van der Waals surface area contributed by atoms with E-state index < -0.39 is 6.10 Å². The second kappa shape index (κ2) is 55.4. The number of ether oxygens (including phenoxy) is 2. The topological polar surface area (TPSA) is 72.8 Å². The quantitative estimate of drug-likeness (QED) is 0.0374. The molecule has 1 atom stereocenters. The van der Waals surface area contributed by atoms with Crippen LogP contribution in [-0.4, -0.2) is 36.4 Å². The third kappa shape index (κ3) is 52.7. The summed E-state index contributed by atoms with van der Waals surface area (Å²) in [5.74, 6) is -0.666. The molecule has 0 aromatic carbocycles. The molecule has 5 heteroatoms. The Morgan fingerprint density at radius 3 is 0.955 bits per heavy atom. The van der Waals surface area contributed by atoms with E-state index in [0.717, 1.165) is 96.3 Å². The van der Waals surface area contributed by atoms with Gasteiger partial charge in [-0.15, -0.1) is 0 Å². The lowest BCUT2D eigenvalue weighted by Crippen LogP contribution is -2.28. The zero-order chi connectivity index (χ0) is 47.7. The van der Waals surface area contributed by atoms with Crippen molar-refractivity contribution in [1.29, 1.82) is 0 Å². The van der Waals surface area contributed by atoms with Crippen LogP contribution in [0.3, 0.4) is 0 Å². The highest BCUT2D eigenvalue weighted by Crippen LogP contribution is 2.15. The van der Waals surface area contributed by atoms with Gasteiger partial charge in [-0.3, -0.25) is 9.59 Å². The summed E-state index contributed by atoms with van der Waals surface area (Å²) in [6.07, 6.45) is 82.7. The summed E-state index contributed by atoms with van der Waals surface area (Å²) in [6.45, 7) is 3.87. The first-order valence-electron chi connectivity index (χ1n) is 26.7. The van der Waals surface area contributed by atoms with Gasteiger partial charge in [-0.25, -0.2) is 0 Å². The molecule has 0 bridgehead atoms. The van der Waals surface area contributed by atoms with Crippen molar-refractivity contribution in [3.05, 3.63) is 134 Å². The van der Waals surface area contributed by atoms with Crippen LogP contribution in [0.4, 0.5) is 0 Å². The first kappa shape index (κ1) is 62.0. The Morgan fingerprint density at radius 2 is 0.621 bits per heavy atom. The number of esters is 2. The number of hydrogen-bond acceptors (Lipinski definition) is 5. The van der Waals surface area contributed by atoms with Crippen molar-refractivity contribution in [1.82, 2.24) is 0 Å². The van der Waals surface area contributed by atoms with Gasteiger partial charge in [-0.2, -0.15) is 0 Å². The first-order valence-corrected chi connectivity index (χ1v) is 26.7. The van der Waals surface area contributed by atoms with Crippen molar-refractivity contribution in [2.45, 2.75) is 225 Å². The molecule has 0 saturated heterocycles. The third-order valence-corrected chi connectivity index (χ3v) is 10.9. The number of unbranched alkanes of at least 4 members (excludes halogenated alkanes) is 17. The molecule has 5 nitrogen and oxygen atoms in total. The first-order chi connectivity index (χ1) is 32.6. The van der Waals surface area contributed by atoms with Crippen molar-refractivity contribution in [2.24, 2.45) is 0 Å². The van der Waals surface area contributed by atoms with Crippen LogP contribution in [0.1, 0.15) is 219 Å². The Hall–Kier alpha value is -3.96. The minimum Gasteiger partial charge on any atom is -0.462 e. The van der Waals surface area contributed by atoms with Gasteiger partial charge in [0.15, 0.2) is 6.10 Å². The lowest BCUT2D eigenvalue weighted by atomic mass is 10.0. The number of hydrogen-bond donors (Lipinski definition) is 1.